The molecule has 7 nitrogen and oxygen atoms in total. The van der Waals surface area contributed by atoms with Crippen molar-refractivity contribution in [2.75, 3.05) is 26.2 Å². The first-order valence-corrected chi connectivity index (χ1v) is 8.67. The van der Waals surface area contributed by atoms with Crippen LogP contribution in [0.1, 0.15) is 24.5 Å². The predicted octanol–water partition coefficient (Wildman–Crippen LogP) is 0.917. The fraction of sp³-hybridized carbons (Fsp3) is 0.500. The van der Waals surface area contributed by atoms with Crippen molar-refractivity contribution in [3.05, 3.63) is 35.9 Å². The molecule has 1 aliphatic carbocycles. The Balaban J connectivity index is 1.46. The molecule has 2 atom stereocenters. The molecule has 0 bridgehead atoms. The predicted molar refractivity (Wildman–Crippen MR) is 88.5 cm³/mol. The Labute approximate surface area is 145 Å². The minimum Gasteiger partial charge on any atom is -0.366 e. The molecule has 2 heterocycles. The number of hydrogen-bond donors (Lipinski definition) is 1. The molecule has 1 aromatic carbocycles. The zero-order valence-electron chi connectivity index (χ0n) is 13.9. The highest BCUT2D eigenvalue weighted by atomic mass is 16.5. The lowest BCUT2D eigenvalue weighted by Gasteiger charge is -2.39. The molecule has 25 heavy (non-hydrogen) atoms. The Morgan fingerprint density at radius 2 is 1.92 bits per heavy atom. The van der Waals surface area contributed by atoms with Gasteiger partial charge in [-0.2, -0.15) is 0 Å². The molecule has 2 aliphatic heterocycles. The van der Waals surface area contributed by atoms with Crippen LogP contribution in [0, 0.1) is 5.92 Å². The van der Waals surface area contributed by atoms with Crippen LogP contribution in [0.5, 0.6) is 0 Å². The van der Waals surface area contributed by atoms with Gasteiger partial charge in [0, 0.05) is 6.54 Å². The fourth-order valence-corrected chi connectivity index (χ4v) is 3.45. The highest BCUT2D eigenvalue weighted by Crippen LogP contribution is 2.39. The lowest BCUT2D eigenvalue weighted by Crippen LogP contribution is -2.51. The van der Waals surface area contributed by atoms with Crippen molar-refractivity contribution in [1.82, 2.24) is 15.1 Å². The van der Waals surface area contributed by atoms with Crippen LogP contribution in [-0.4, -0.2) is 59.9 Å². The van der Waals surface area contributed by atoms with E-state index in [-0.39, 0.29) is 37.1 Å². The zero-order valence-corrected chi connectivity index (χ0v) is 13.9. The summed E-state index contributed by atoms with van der Waals surface area (Å²) in [6.45, 7) is 0.894. The average molecular weight is 343 g/mol. The summed E-state index contributed by atoms with van der Waals surface area (Å²) < 4.78 is 6.24. The summed E-state index contributed by atoms with van der Waals surface area (Å²) in [5.41, 5.74) is 1.06. The molecule has 4 rings (SSSR count). The third kappa shape index (κ3) is 3.51. The highest BCUT2D eigenvalue weighted by Gasteiger charge is 2.40. The number of benzene rings is 1. The van der Waals surface area contributed by atoms with Gasteiger partial charge >= 0.3 is 6.03 Å². The molecule has 132 valence electrons. The standard InChI is InChI=1S/C18H21N3O4/c22-16-10-21(18(24)19-16)11-17(23)20-8-14(12-4-2-1-3-5-12)25-15(9-20)13-6-7-13/h1-5,13-15H,6-11H2,(H,19,22,24)/t14-,15+/m0/s1. The van der Waals surface area contributed by atoms with Gasteiger partial charge in [-0.3, -0.25) is 14.9 Å². The fourth-order valence-electron chi connectivity index (χ4n) is 3.45. The van der Waals surface area contributed by atoms with Crippen LogP contribution in [0.2, 0.25) is 0 Å². The van der Waals surface area contributed by atoms with Crippen molar-refractivity contribution in [1.29, 1.82) is 0 Å². The van der Waals surface area contributed by atoms with Crippen molar-refractivity contribution < 1.29 is 19.1 Å². The second-order valence-corrected chi connectivity index (χ2v) is 6.92. The van der Waals surface area contributed by atoms with E-state index in [4.69, 9.17) is 4.74 Å². The first-order valence-electron chi connectivity index (χ1n) is 8.67. The molecule has 0 aromatic heterocycles. The van der Waals surface area contributed by atoms with Gasteiger partial charge < -0.3 is 14.5 Å². The number of carbonyl (C=O) groups is 3. The van der Waals surface area contributed by atoms with E-state index >= 15 is 0 Å². The molecule has 0 spiro atoms. The number of amides is 4. The lowest BCUT2D eigenvalue weighted by molar-refractivity contribution is -0.148. The molecule has 0 unspecified atom stereocenters. The summed E-state index contributed by atoms with van der Waals surface area (Å²) in [6.07, 6.45) is 2.16. The van der Waals surface area contributed by atoms with Gasteiger partial charge in [-0.1, -0.05) is 30.3 Å². The van der Waals surface area contributed by atoms with Gasteiger partial charge in [0.25, 0.3) is 0 Å². The van der Waals surface area contributed by atoms with Gasteiger partial charge in [-0.05, 0) is 24.3 Å². The van der Waals surface area contributed by atoms with E-state index in [0.29, 0.717) is 19.0 Å². The van der Waals surface area contributed by atoms with Gasteiger partial charge in [0.05, 0.1) is 12.6 Å². The molecule has 1 aromatic rings. The van der Waals surface area contributed by atoms with Crippen LogP contribution in [0.4, 0.5) is 4.79 Å². The summed E-state index contributed by atoms with van der Waals surface area (Å²) in [7, 11) is 0. The van der Waals surface area contributed by atoms with Crippen LogP contribution in [0.15, 0.2) is 30.3 Å². The number of hydrogen-bond acceptors (Lipinski definition) is 4. The van der Waals surface area contributed by atoms with Crippen molar-refractivity contribution >= 4 is 17.8 Å². The number of nitrogens with zero attached hydrogens (tertiary/aromatic N) is 2. The second-order valence-electron chi connectivity index (χ2n) is 6.92. The Morgan fingerprint density at radius 1 is 1.16 bits per heavy atom. The number of nitrogens with one attached hydrogen (secondary N) is 1. The molecule has 7 heteroatoms. The van der Waals surface area contributed by atoms with Gasteiger partial charge in [0.15, 0.2) is 0 Å². The molecular weight excluding hydrogens is 322 g/mol. The van der Waals surface area contributed by atoms with Crippen LogP contribution >= 0.6 is 0 Å². The quantitative estimate of drug-likeness (QED) is 0.825. The number of urea groups is 1. The van der Waals surface area contributed by atoms with Gasteiger partial charge in [-0.25, -0.2) is 4.79 Å². The van der Waals surface area contributed by atoms with E-state index in [1.807, 2.05) is 30.3 Å². The van der Waals surface area contributed by atoms with E-state index in [9.17, 15) is 14.4 Å². The number of morpholine rings is 1. The summed E-state index contributed by atoms with van der Waals surface area (Å²) in [6, 6.07) is 9.41. The number of ether oxygens (including phenoxy) is 1. The van der Waals surface area contributed by atoms with Crippen LogP contribution < -0.4 is 5.32 Å². The normalized spacial score (nSPS) is 26.7. The van der Waals surface area contributed by atoms with E-state index in [1.165, 1.54) is 4.90 Å². The van der Waals surface area contributed by atoms with Crippen molar-refractivity contribution in [3.8, 4) is 0 Å². The van der Waals surface area contributed by atoms with Crippen LogP contribution in [0.25, 0.3) is 0 Å². The minimum atomic E-state index is -0.495. The number of imide groups is 1. The zero-order chi connectivity index (χ0) is 17.4. The van der Waals surface area contributed by atoms with Crippen LogP contribution in [0.3, 0.4) is 0 Å². The smallest absolute Gasteiger partial charge is 0.325 e. The first-order chi connectivity index (χ1) is 12.1. The maximum atomic E-state index is 12.7. The maximum Gasteiger partial charge on any atom is 0.325 e. The summed E-state index contributed by atoms with van der Waals surface area (Å²) in [5, 5.41) is 2.20. The largest absolute Gasteiger partial charge is 0.366 e. The molecule has 4 amide bonds. The van der Waals surface area contributed by atoms with E-state index < -0.39 is 6.03 Å². The lowest BCUT2D eigenvalue weighted by atomic mass is 10.0. The molecular formula is C18H21N3O4. The Hall–Kier alpha value is -2.41. The van der Waals surface area contributed by atoms with Crippen molar-refractivity contribution in [2.45, 2.75) is 25.0 Å². The highest BCUT2D eigenvalue weighted by molar-refractivity contribution is 6.03. The SMILES string of the molecule is O=C1CN(CC(=O)N2C[C@@H](c3ccccc3)O[C@@H](C3CC3)C2)C(=O)N1. The first kappa shape index (κ1) is 16.1. The second kappa shape index (κ2) is 6.48. The third-order valence-corrected chi connectivity index (χ3v) is 4.99. The van der Waals surface area contributed by atoms with Crippen molar-refractivity contribution in [3.63, 3.8) is 0 Å². The number of rotatable bonds is 4. The molecule has 3 fully saturated rings. The van der Waals surface area contributed by atoms with E-state index in [0.717, 1.165) is 18.4 Å². The third-order valence-electron chi connectivity index (χ3n) is 4.99. The topological polar surface area (TPSA) is 79.0 Å². The van der Waals surface area contributed by atoms with E-state index in [2.05, 4.69) is 5.32 Å². The van der Waals surface area contributed by atoms with E-state index in [1.54, 1.807) is 4.90 Å². The number of carbonyl (C=O) groups excluding carboxylic acids is 3. The minimum absolute atomic E-state index is 0.0388. The molecule has 1 N–H and O–H groups in total. The summed E-state index contributed by atoms with van der Waals surface area (Å²) in [4.78, 5) is 38.7. The summed E-state index contributed by atoms with van der Waals surface area (Å²) >= 11 is 0. The molecule has 0 radical (unpaired) electrons. The molecule has 1 saturated carbocycles. The van der Waals surface area contributed by atoms with Gasteiger partial charge in [0.1, 0.15) is 19.2 Å². The van der Waals surface area contributed by atoms with Gasteiger partial charge in [-0.15, -0.1) is 0 Å². The van der Waals surface area contributed by atoms with Crippen LogP contribution in [-0.2, 0) is 14.3 Å². The Bertz CT molecular complexity index is 689. The van der Waals surface area contributed by atoms with Gasteiger partial charge in [0.2, 0.25) is 11.8 Å². The van der Waals surface area contributed by atoms with Crippen molar-refractivity contribution in [2.24, 2.45) is 5.92 Å². The Kier molecular flexibility index (Phi) is 4.17. The maximum absolute atomic E-state index is 12.7. The monoisotopic (exact) mass is 343 g/mol. The molecule has 3 aliphatic rings. The Morgan fingerprint density at radius 3 is 2.56 bits per heavy atom. The molecule has 2 saturated heterocycles. The average Bonchev–Trinajstić information content (AvgIpc) is 3.42. The summed E-state index contributed by atoms with van der Waals surface area (Å²) in [5.74, 6) is 0.0102.